The molecule has 0 heterocycles. The van der Waals surface area contributed by atoms with E-state index in [2.05, 4.69) is 17.6 Å². The normalized spacial score (nSPS) is 20.7. The number of benzene rings is 1. The van der Waals surface area contributed by atoms with Gasteiger partial charge in [-0.1, -0.05) is 19.8 Å². The molecule has 2 N–H and O–H groups in total. The van der Waals surface area contributed by atoms with Gasteiger partial charge in [0.2, 0.25) is 0 Å². The van der Waals surface area contributed by atoms with Crippen LogP contribution in [0.1, 0.15) is 49.9 Å². The Balaban J connectivity index is 2.01. The summed E-state index contributed by atoms with van der Waals surface area (Å²) in [5, 5.41) is 16.7. The highest BCUT2D eigenvalue weighted by molar-refractivity contribution is 5.93. The molecule has 1 amide bonds. The third-order valence-electron chi connectivity index (χ3n) is 4.79. The van der Waals surface area contributed by atoms with E-state index in [4.69, 9.17) is 4.74 Å². The first-order valence-corrected chi connectivity index (χ1v) is 8.81. The van der Waals surface area contributed by atoms with Gasteiger partial charge in [0.05, 0.1) is 10.5 Å². The molecule has 8 nitrogen and oxygen atoms in total. The maximum atomic E-state index is 12.3. The summed E-state index contributed by atoms with van der Waals surface area (Å²) in [5.74, 6) is -0.721. The Morgan fingerprint density at radius 3 is 2.62 bits per heavy atom. The molecule has 8 heteroatoms. The Morgan fingerprint density at radius 2 is 2.00 bits per heavy atom. The summed E-state index contributed by atoms with van der Waals surface area (Å²) in [6.45, 7) is 3.60. The number of nitro benzene ring substituents is 1. The summed E-state index contributed by atoms with van der Waals surface area (Å²) in [6.07, 6.45) is 3.26. The molecular weight excluding hydrogens is 338 g/mol. The Hall–Kier alpha value is -2.64. The van der Waals surface area contributed by atoms with E-state index in [1.165, 1.54) is 25.5 Å². The number of rotatable bonds is 6. The van der Waals surface area contributed by atoms with Gasteiger partial charge in [0, 0.05) is 19.2 Å². The molecule has 0 unspecified atom stereocenters. The molecule has 3 atom stereocenters. The number of nitrogens with one attached hydrogen (secondary N) is 2. The zero-order valence-electron chi connectivity index (χ0n) is 15.3. The lowest BCUT2D eigenvalue weighted by molar-refractivity contribution is -0.384. The standard InChI is InChI=1S/C18H25N3O5/c1-11-6-4-5-7-14(11)20-17(22)12(2)26-18(23)13-8-9-15(19-3)16(10-13)21(24)25/h8-12,14,19H,4-7H2,1-3H3,(H,20,22)/t11-,12+,14-/m0/s1. The number of hydrogen-bond acceptors (Lipinski definition) is 6. The van der Waals surface area contributed by atoms with Crippen molar-refractivity contribution in [3.05, 3.63) is 33.9 Å². The molecule has 1 aliphatic rings. The number of anilines is 1. The van der Waals surface area contributed by atoms with Crippen molar-refractivity contribution in [3.8, 4) is 0 Å². The Morgan fingerprint density at radius 1 is 1.31 bits per heavy atom. The molecule has 0 spiro atoms. The smallest absolute Gasteiger partial charge is 0.339 e. The second-order valence-electron chi connectivity index (χ2n) is 6.66. The highest BCUT2D eigenvalue weighted by atomic mass is 16.6. The molecule has 142 valence electrons. The summed E-state index contributed by atoms with van der Waals surface area (Å²) < 4.78 is 5.19. The molecule has 1 fully saturated rings. The van der Waals surface area contributed by atoms with Gasteiger partial charge < -0.3 is 15.4 Å². The highest BCUT2D eigenvalue weighted by Gasteiger charge is 2.27. The molecule has 1 saturated carbocycles. The Kier molecular flexibility index (Phi) is 6.54. The van der Waals surface area contributed by atoms with Gasteiger partial charge in [-0.3, -0.25) is 14.9 Å². The van der Waals surface area contributed by atoms with Crippen molar-refractivity contribution in [1.82, 2.24) is 5.32 Å². The first-order chi connectivity index (χ1) is 12.3. The third-order valence-corrected chi connectivity index (χ3v) is 4.79. The molecule has 0 aliphatic heterocycles. The fourth-order valence-electron chi connectivity index (χ4n) is 3.13. The lowest BCUT2D eigenvalue weighted by Gasteiger charge is -2.30. The molecule has 2 rings (SSSR count). The van der Waals surface area contributed by atoms with Gasteiger partial charge in [-0.15, -0.1) is 0 Å². The largest absolute Gasteiger partial charge is 0.449 e. The molecule has 1 aliphatic carbocycles. The van der Waals surface area contributed by atoms with E-state index >= 15 is 0 Å². The average molecular weight is 363 g/mol. The fourth-order valence-corrected chi connectivity index (χ4v) is 3.13. The monoisotopic (exact) mass is 363 g/mol. The highest BCUT2D eigenvalue weighted by Crippen LogP contribution is 2.26. The van der Waals surface area contributed by atoms with Gasteiger partial charge in [0.25, 0.3) is 11.6 Å². The summed E-state index contributed by atoms with van der Waals surface area (Å²) >= 11 is 0. The molecule has 0 radical (unpaired) electrons. The Bertz CT molecular complexity index is 691. The van der Waals surface area contributed by atoms with Crippen molar-refractivity contribution in [2.24, 2.45) is 5.92 Å². The Labute approximate surface area is 152 Å². The second kappa shape index (κ2) is 8.64. The number of nitro groups is 1. The van der Waals surface area contributed by atoms with Crippen LogP contribution in [0.25, 0.3) is 0 Å². The predicted molar refractivity (Wildman–Crippen MR) is 97.1 cm³/mol. The molecule has 1 aromatic carbocycles. The SMILES string of the molecule is CNc1ccc(C(=O)O[C@H](C)C(=O)N[C@H]2CCCC[C@@H]2C)cc1[N+](=O)[O-]. The van der Waals surface area contributed by atoms with E-state index in [-0.39, 0.29) is 23.2 Å². The van der Waals surface area contributed by atoms with Crippen LogP contribution in [-0.4, -0.2) is 36.0 Å². The fraction of sp³-hybridized carbons (Fsp3) is 0.556. The lowest BCUT2D eigenvalue weighted by atomic mass is 9.86. The molecule has 0 bridgehead atoms. The number of hydrogen-bond donors (Lipinski definition) is 2. The van der Waals surface area contributed by atoms with Gasteiger partial charge in [-0.25, -0.2) is 4.79 Å². The van der Waals surface area contributed by atoms with Crippen LogP contribution in [0, 0.1) is 16.0 Å². The average Bonchev–Trinajstić information content (AvgIpc) is 2.62. The first-order valence-electron chi connectivity index (χ1n) is 8.81. The van der Waals surface area contributed by atoms with Crippen molar-refractivity contribution < 1.29 is 19.2 Å². The number of esters is 1. The number of nitrogens with zero attached hydrogens (tertiary/aromatic N) is 1. The zero-order valence-corrected chi connectivity index (χ0v) is 15.3. The summed E-state index contributed by atoms with van der Waals surface area (Å²) in [7, 11) is 1.55. The minimum absolute atomic E-state index is 0.0291. The molecular formula is C18H25N3O5. The lowest BCUT2D eigenvalue weighted by Crippen LogP contribution is -2.45. The molecule has 26 heavy (non-hydrogen) atoms. The van der Waals surface area contributed by atoms with Crippen LogP contribution in [0.4, 0.5) is 11.4 Å². The summed E-state index contributed by atoms with van der Waals surface area (Å²) in [4.78, 5) is 35.0. The second-order valence-corrected chi connectivity index (χ2v) is 6.66. The minimum Gasteiger partial charge on any atom is -0.449 e. The van der Waals surface area contributed by atoms with Crippen molar-refractivity contribution in [3.63, 3.8) is 0 Å². The number of carbonyl (C=O) groups is 2. The zero-order chi connectivity index (χ0) is 19.3. The van der Waals surface area contributed by atoms with Crippen LogP contribution in [0.3, 0.4) is 0 Å². The number of carbonyl (C=O) groups excluding carboxylic acids is 2. The van der Waals surface area contributed by atoms with E-state index in [0.29, 0.717) is 11.6 Å². The van der Waals surface area contributed by atoms with Crippen molar-refractivity contribution >= 4 is 23.3 Å². The first kappa shape index (κ1) is 19.7. The van der Waals surface area contributed by atoms with Gasteiger partial charge in [-0.2, -0.15) is 0 Å². The topological polar surface area (TPSA) is 111 Å². The molecule has 0 saturated heterocycles. The predicted octanol–water partition coefficient (Wildman–Crippen LogP) is 2.88. The van der Waals surface area contributed by atoms with Crippen LogP contribution in [0.2, 0.25) is 0 Å². The van der Waals surface area contributed by atoms with Crippen LogP contribution >= 0.6 is 0 Å². The van der Waals surface area contributed by atoms with E-state index in [1.54, 1.807) is 7.05 Å². The number of ether oxygens (including phenoxy) is 1. The van der Waals surface area contributed by atoms with Crippen molar-refractivity contribution in [1.29, 1.82) is 0 Å². The maximum absolute atomic E-state index is 12.3. The number of amides is 1. The summed E-state index contributed by atoms with van der Waals surface area (Å²) in [6, 6.07) is 4.09. The molecule has 1 aromatic rings. The van der Waals surface area contributed by atoms with E-state index < -0.39 is 17.0 Å². The van der Waals surface area contributed by atoms with Gasteiger partial charge in [0.1, 0.15) is 5.69 Å². The van der Waals surface area contributed by atoms with Crippen molar-refractivity contribution in [2.75, 3.05) is 12.4 Å². The van der Waals surface area contributed by atoms with E-state index in [1.807, 2.05) is 0 Å². The van der Waals surface area contributed by atoms with Crippen LogP contribution < -0.4 is 10.6 Å². The van der Waals surface area contributed by atoms with Crippen LogP contribution in [0.5, 0.6) is 0 Å². The quantitative estimate of drug-likeness (QED) is 0.457. The van der Waals surface area contributed by atoms with Gasteiger partial charge >= 0.3 is 5.97 Å². The van der Waals surface area contributed by atoms with Gasteiger partial charge in [0.15, 0.2) is 6.10 Å². The van der Waals surface area contributed by atoms with E-state index in [9.17, 15) is 19.7 Å². The van der Waals surface area contributed by atoms with E-state index in [0.717, 1.165) is 25.3 Å². The third kappa shape index (κ3) is 4.71. The van der Waals surface area contributed by atoms with Crippen LogP contribution in [0.15, 0.2) is 18.2 Å². The molecule has 0 aromatic heterocycles. The maximum Gasteiger partial charge on any atom is 0.339 e. The van der Waals surface area contributed by atoms with Gasteiger partial charge in [-0.05, 0) is 37.8 Å². The minimum atomic E-state index is -0.973. The van der Waals surface area contributed by atoms with Crippen LogP contribution in [-0.2, 0) is 9.53 Å². The summed E-state index contributed by atoms with van der Waals surface area (Å²) in [5.41, 5.74) is 0.0973. The van der Waals surface area contributed by atoms with Crippen molar-refractivity contribution in [2.45, 2.75) is 51.7 Å².